The van der Waals surface area contributed by atoms with Crippen LogP contribution in [0.25, 0.3) is 32.9 Å². The zero-order valence-electron chi connectivity index (χ0n) is 15.8. The van der Waals surface area contributed by atoms with Crippen molar-refractivity contribution in [2.75, 3.05) is 6.61 Å². The van der Waals surface area contributed by atoms with Gasteiger partial charge in [-0.05, 0) is 37.3 Å². The molecule has 5 rings (SSSR count). The van der Waals surface area contributed by atoms with Crippen LogP contribution in [-0.4, -0.2) is 12.6 Å². The molecule has 0 saturated heterocycles. The Morgan fingerprint density at radius 3 is 2.69 bits per heavy atom. The molecule has 0 spiro atoms. The molecule has 0 fully saturated rings. The third-order valence-corrected chi connectivity index (χ3v) is 5.25. The maximum atomic E-state index is 14.8. The number of rotatable bonds is 2. The Hall–Kier alpha value is -3.54. The van der Waals surface area contributed by atoms with Crippen LogP contribution in [0.2, 0.25) is 0 Å². The van der Waals surface area contributed by atoms with E-state index in [4.69, 9.17) is 9.47 Å². The Kier molecular flexibility index (Phi) is 3.77. The second-order valence-corrected chi connectivity index (χ2v) is 6.90. The summed E-state index contributed by atoms with van der Waals surface area (Å²) in [6.07, 6.45) is 0. The Balaban J connectivity index is 1.94. The number of ether oxygens (including phenoxy) is 2. The van der Waals surface area contributed by atoms with Crippen molar-refractivity contribution < 1.29 is 27.6 Å². The van der Waals surface area contributed by atoms with Gasteiger partial charge in [-0.2, -0.15) is 4.57 Å². The van der Waals surface area contributed by atoms with Gasteiger partial charge in [0.1, 0.15) is 35.7 Å². The number of carbonyl (C=O) groups is 1. The molecule has 29 heavy (non-hydrogen) atoms. The zero-order valence-corrected chi connectivity index (χ0v) is 15.8. The Bertz CT molecular complexity index is 1350. The second kappa shape index (κ2) is 6.24. The number of aryl methyl sites for hydroxylation is 1. The Labute approximate surface area is 164 Å². The molecule has 1 aliphatic rings. The van der Waals surface area contributed by atoms with Crippen molar-refractivity contribution in [3.05, 3.63) is 65.7 Å². The lowest BCUT2D eigenvalue weighted by molar-refractivity contribution is -0.632. The number of nitrogens with zero attached hydrogens (tertiary/aromatic N) is 1. The average molecular weight is 392 g/mol. The molecule has 4 aromatic rings. The van der Waals surface area contributed by atoms with Crippen LogP contribution in [0.3, 0.4) is 0 Å². The van der Waals surface area contributed by atoms with Crippen LogP contribution in [0.4, 0.5) is 8.78 Å². The summed E-state index contributed by atoms with van der Waals surface area (Å²) in [5.74, 6) is -0.603. The van der Waals surface area contributed by atoms with E-state index in [0.29, 0.717) is 28.0 Å². The monoisotopic (exact) mass is 392 g/mol. The first-order chi connectivity index (χ1) is 14.0. The lowest BCUT2D eigenvalue weighted by atomic mass is 9.95. The molecule has 6 heteroatoms. The van der Waals surface area contributed by atoms with E-state index in [-0.39, 0.29) is 18.0 Å². The highest BCUT2D eigenvalue weighted by Crippen LogP contribution is 2.46. The summed E-state index contributed by atoms with van der Waals surface area (Å²) < 4.78 is 41.6. The number of halogens is 2. The lowest BCUT2D eigenvalue weighted by Crippen LogP contribution is -2.33. The number of hydrogen-bond acceptors (Lipinski definition) is 3. The van der Waals surface area contributed by atoms with Crippen molar-refractivity contribution in [2.45, 2.75) is 6.92 Å². The van der Waals surface area contributed by atoms with Crippen molar-refractivity contribution in [3.63, 3.8) is 0 Å². The number of aromatic nitrogens is 1. The topological polar surface area (TPSA) is 39.4 Å². The molecule has 0 saturated carbocycles. The summed E-state index contributed by atoms with van der Waals surface area (Å²) in [7, 11) is 1.81. The number of carbonyl (C=O) groups excluding carboxylic acids is 1. The van der Waals surface area contributed by atoms with Gasteiger partial charge in [-0.1, -0.05) is 12.1 Å². The number of fused-ring (bicyclic) bond motifs is 4. The fourth-order valence-corrected chi connectivity index (χ4v) is 4.00. The van der Waals surface area contributed by atoms with Crippen molar-refractivity contribution in [1.29, 1.82) is 0 Å². The molecule has 0 bridgehead atoms. The molecule has 4 nitrogen and oxygen atoms in total. The van der Waals surface area contributed by atoms with Crippen LogP contribution in [0.15, 0.2) is 48.5 Å². The van der Waals surface area contributed by atoms with Gasteiger partial charge in [-0.25, -0.2) is 13.6 Å². The quantitative estimate of drug-likeness (QED) is 0.240. The van der Waals surface area contributed by atoms with Gasteiger partial charge in [0.25, 0.3) is 0 Å². The van der Waals surface area contributed by atoms with Gasteiger partial charge in [0.2, 0.25) is 11.2 Å². The molecule has 144 valence electrons. The smallest absolute Gasteiger partial charge is 0.341 e. The molecule has 0 atom stereocenters. The highest BCUT2D eigenvalue weighted by molar-refractivity contribution is 6.13. The predicted molar refractivity (Wildman–Crippen MR) is 104 cm³/mol. The molecule has 0 unspecified atom stereocenters. The van der Waals surface area contributed by atoms with E-state index in [2.05, 4.69) is 0 Å². The van der Waals surface area contributed by atoms with Crippen LogP contribution in [0.1, 0.15) is 17.3 Å². The fraction of sp³-hybridized carbons (Fsp3) is 0.130. The first-order valence-electron chi connectivity index (χ1n) is 9.22. The molecular weight excluding hydrogens is 376 g/mol. The van der Waals surface area contributed by atoms with E-state index in [1.807, 2.05) is 22.8 Å². The number of hydrogen-bond donors (Lipinski definition) is 0. The predicted octanol–water partition coefficient (Wildman–Crippen LogP) is 5.05. The molecular formula is C23H16F2NO3+. The summed E-state index contributed by atoms with van der Waals surface area (Å²) in [4.78, 5) is 12.2. The molecule has 3 aromatic carbocycles. The maximum Gasteiger partial charge on any atom is 0.341 e. The normalized spacial score (nSPS) is 12.0. The Morgan fingerprint density at radius 2 is 1.90 bits per heavy atom. The second-order valence-electron chi connectivity index (χ2n) is 6.90. The summed E-state index contributed by atoms with van der Waals surface area (Å²) in [6.45, 7) is 1.82. The van der Waals surface area contributed by atoms with E-state index in [1.165, 1.54) is 24.3 Å². The molecule has 0 amide bonds. The Morgan fingerprint density at radius 1 is 1.07 bits per heavy atom. The van der Waals surface area contributed by atoms with Crippen LogP contribution in [0, 0.1) is 11.6 Å². The molecule has 2 heterocycles. The van der Waals surface area contributed by atoms with E-state index in [1.54, 1.807) is 20.0 Å². The van der Waals surface area contributed by atoms with Crippen molar-refractivity contribution in [3.8, 4) is 22.8 Å². The van der Waals surface area contributed by atoms with Crippen molar-refractivity contribution >= 4 is 27.6 Å². The average Bonchev–Trinajstić information content (AvgIpc) is 2.70. The minimum atomic E-state index is -0.718. The van der Waals surface area contributed by atoms with E-state index in [9.17, 15) is 13.6 Å². The van der Waals surface area contributed by atoms with Gasteiger partial charge in [-0.3, -0.25) is 0 Å². The van der Waals surface area contributed by atoms with Gasteiger partial charge < -0.3 is 9.47 Å². The standard InChI is InChI=1S/C23H16F2NO3/c1-3-28-23(27)15-11-18-14(10-17(15)25)13-5-4-6-20-21(13)22(26(18)2)16-9-12(24)7-8-19(16)29-20/h4-11H,3H2,1-2H3/q+1. The minimum absolute atomic E-state index is 0.135. The number of esters is 1. The zero-order chi connectivity index (χ0) is 20.3. The van der Waals surface area contributed by atoms with Gasteiger partial charge in [0.15, 0.2) is 0 Å². The molecule has 1 aliphatic heterocycles. The summed E-state index contributed by atoms with van der Waals surface area (Å²) in [5, 5.41) is 2.15. The fourth-order valence-electron chi connectivity index (χ4n) is 4.00. The third-order valence-electron chi connectivity index (χ3n) is 5.25. The SMILES string of the molecule is CCOC(=O)c1cc2c(cc1F)c1cccc3c1c([n+]2C)-c1cc(F)ccc1O3. The van der Waals surface area contributed by atoms with Gasteiger partial charge >= 0.3 is 5.97 Å². The highest BCUT2D eigenvalue weighted by atomic mass is 19.1. The molecule has 1 aromatic heterocycles. The van der Waals surface area contributed by atoms with Crippen LogP contribution in [-0.2, 0) is 11.8 Å². The first kappa shape index (κ1) is 17.6. The number of benzene rings is 3. The van der Waals surface area contributed by atoms with Gasteiger partial charge in [0, 0.05) is 11.5 Å². The third kappa shape index (κ3) is 2.49. The lowest BCUT2D eigenvalue weighted by Gasteiger charge is -2.20. The van der Waals surface area contributed by atoms with E-state index in [0.717, 1.165) is 16.5 Å². The van der Waals surface area contributed by atoms with E-state index >= 15 is 0 Å². The summed E-state index contributed by atoms with van der Waals surface area (Å²) >= 11 is 0. The van der Waals surface area contributed by atoms with E-state index < -0.39 is 11.8 Å². The summed E-state index contributed by atoms with van der Waals surface area (Å²) in [5.41, 5.74) is 1.83. The maximum absolute atomic E-state index is 14.8. The molecule has 0 radical (unpaired) electrons. The van der Waals surface area contributed by atoms with Crippen LogP contribution >= 0.6 is 0 Å². The van der Waals surface area contributed by atoms with Crippen molar-refractivity contribution in [2.24, 2.45) is 7.05 Å². The molecule has 0 N–H and O–H groups in total. The van der Waals surface area contributed by atoms with Gasteiger partial charge in [-0.15, -0.1) is 0 Å². The minimum Gasteiger partial charge on any atom is -0.462 e. The first-order valence-corrected chi connectivity index (χ1v) is 9.22. The van der Waals surface area contributed by atoms with Crippen LogP contribution < -0.4 is 9.30 Å². The molecule has 0 aliphatic carbocycles. The highest BCUT2D eigenvalue weighted by Gasteiger charge is 2.31. The van der Waals surface area contributed by atoms with Crippen molar-refractivity contribution in [1.82, 2.24) is 0 Å². The number of pyridine rings is 1. The van der Waals surface area contributed by atoms with Crippen LogP contribution in [0.5, 0.6) is 11.5 Å². The summed E-state index contributed by atoms with van der Waals surface area (Å²) in [6, 6.07) is 12.7. The largest absolute Gasteiger partial charge is 0.462 e. The van der Waals surface area contributed by atoms with Gasteiger partial charge in [0.05, 0.1) is 22.9 Å².